The zero-order chi connectivity index (χ0) is 13.7. The molecule has 0 saturated heterocycles. The van der Waals surface area contributed by atoms with Gasteiger partial charge in [0.05, 0.1) is 7.11 Å². The summed E-state index contributed by atoms with van der Waals surface area (Å²) < 4.78 is 4.55. The predicted octanol–water partition coefficient (Wildman–Crippen LogP) is 1.45. The molecule has 0 spiro atoms. The van der Waals surface area contributed by atoms with Crippen LogP contribution in [0.25, 0.3) is 0 Å². The molecule has 1 aromatic rings. The third-order valence-corrected chi connectivity index (χ3v) is 2.46. The maximum Gasteiger partial charge on any atom is 0.341 e. The van der Waals surface area contributed by atoms with Gasteiger partial charge in [-0.15, -0.1) is 0 Å². The molecule has 0 fully saturated rings. The van der Waals surface area contributed by atoms with E-state index >= 15 is 0 Å². The summed E-state index contributed by atoms with van der Waals surface area (Å²) in [7, 11) is 1.25. The number of hydrogen-bond acceptors (Lipinski definition) is 4. The number of nitrogens with one attached hydrogen (secondary N) is 1. The molecule has 2 N–H and O–H groups in total. The number of phenols is 1. The van der Waals surface area contributed by atoms with Crippen molar-refractivity contribution in [3.8, 4) is 5.75 Å². The minimum absolute atomic E-state index is 0.0670. The van der Waals surface area contributed by atoms with Crippen LogP contribution in [0.3, 0.4) is 0 Å². The topological polar surface area (TPSA) is 75.6 Å². The molecule has 0 heterocycles. The van der Waals surface area contributed by atoms with Gasteiger partial charge in [-0.05, 0) is 17.7 Å². The average Bonchev–Trinajstić information content (AvgIpc) is 2.36. The van der Waals surface area contributed by atoms with Gasteiger partial charge in [0.25, 0.3) is 0 Å². The van der Waals surface area contributed by atoms with E-state index in [9.17, 15) is 14.7 Å². The van der Waals surface area contributed by atoms with Crippen LogP contribution in [0.2, 0.25) is 0 Å². The van der Waals surface area contributed by atoms with Crippen LogP contribution < -0.4 is 5.32 Å². The number of methoxy groups -OCH3 is 1. The van der Waals surface area contributed by atoms with Crippen molar-refractivity contribution >= 4 is 11.9 Å². The molecule has 1 rings (SSSR count). The van der Waals surface area contributed by atoms with E-state index in [0.717, 1.165) is 5.56 Å². The lowest BCUT2D eigenvalue weighted by molar-refractivity contribution is -0.124. The van der Waals surface area contributed by atoms with E-state index in [4.69, 9.17) is 0 Å². The summed E-state index contributed by atoms with van der Waals surface area (Å²) in [5, 5.41) is 12.2. The molecule has 0 aliphatic rings. The van der Waals surface area contributed by atoms with Crippen molar-refractivity contribution in [2.75, 3.05) is 7.11 Å². The van der Waals surface area contributed by atoms with E-state index in [1.54, 1.807) is 19.9 Å². The molecule has 5 heteroatoms. The van der Waals surface area contributed by atoms with Gasteiger partial charge in [-0.1, -0.05) is 19.9 Å². The molecule has 1 amide bonds. The summed E-state index contributed by atoms with van der Waals surface area (Å²) in [6.45, 7) is 3.90. The fourth-order valence-corrected chi connectivity index (χ4v) is 1.36. The Morgan fingerprint density at radius 3 is 2.61 bits per heavy atom. The first-order valence-electron chi connectivity index (χ1n) is 5.63. The van der Waals surface area contributed by atoms with E-state index in [1.165, 1.54) is 19.2 Å². The molecule has 5 nitrogen and oxygen atoms in total. The summed E-state index contributed by atoms with van der Waals surface area (Å²) in [5.74, 6) is -0.907. The largest absolute Gasteiger partial charge is 0.507 e. The van der Waals surface area contributed by atoms with Crippen LogP contribution in [-0.2, 0) is 16.1 Å². The first-order valence-corrected chi connectivity index (χ1v) is 5.63. The monoisotopic (exact) mass is 251 g/mol. The van der Waals surface area contributed by atoms with E-state index in [1.807, 2.05) is 0 Å². The number of carbonyl (C=O) groups excluding carboxylic acids is 2. The van der Waals surface area contributed by atoms with Crippen LogP contribution in [0.15, 0.2) is 18.2 Å². The van der Waals surface area contributed by atoms with E-state index in [0.29, 0.717) is 6.54 Å². The van der Waals surface area contributed by atoms with Gasteiger partial charge in [0, 0.05) is 12.5 Å². The predicted molar refractivity (Wildman–Crippen MR) is 66.1 cm³/mol. The number of hydrogen-bond donors (Lipinski definition) is 2. The van der Waals surface area contributed by atoms with Gasteiger partial charge in [-0.2, -0.15) is 0 Å². The molecule has 1 aromatic carbocycles. The van der Waals surface area contributed by atoms with Crippen molar-refractivity contribution in [3.05, 3.63) is 29.3 Å². The Bertz CT molecular complexity index is 454. The zero-order valence-electron chi connectivity index (χ0n) is 10.7. The van der Waals surface area contributed by atoms with Crippen LogP contribution in [-0.4, -0.2) is 24.1 Å². The Hall–Kier alpha value is -2.04. The van der Waals surface area contributed by atoms with Gasteiger partial charge >= 0.3 is 5.97 Å². The SMILES string of the molecule is COC(=O)c1cc(CNC(=O)C(C)C)ccc1O. The van der Waals surface area contributed by atoms with Crippen LogP contribution in [0.1, 0.15) is 29.8 Å². The molecule has 0 saturated carbocycles. The Morgan fingerprint density at radius 2 is 2.06 bits per heavy atom. The van der Waals surface area contributed by atoms with Crippen molar-refractivity contribution in [3.63, 3.8) is 0 Å². The number of esters is 1. The van der Waals surface area contributed by atoms with Gasteiger partial charge in [0.15, 0.2) is 0 Å². The number of benzene rings is 1. The third-order valence-electron chi connectivity index (χ3n) is 2.46. The maximum atomic E-state index is 11.4. The van der Waals surface area contributed by atoms with Gasteiger partial charge in [0.1, 0.15) is 11.3 Å². The molecule has 98 valence electrons. The highest BCUT2D eigenvalue weighted by Crippen LogP contribution is 2.19. The highest BCUT2D eigenvalue weighted by atomic mass is 16.5. The zero-order valence-corrected chi connectivity index (χ0v) is 10.7. The lowest BCUT2D eigenvalue weighted by Gasteiger charge is -2.09. The fourth-order valence-electron chi connectivity index (χ4n) is 1.36. The first-order chi connectivity index (χ1) is 8.45. The van der Waals surface area contributed by atoms with Crippen molar-refractivity contribution in [2.24, 2.45) is 5.92 Å². The Balaban J connectivity index is 2.79. The van der Waals surface area contributed by atoms with Gasteiger partial charge < -0.3 is 15.2 Å². The number of amides is 1. The second kappa shape index (κ2) is 6.05. The average molecular weight is 251 g/mol. The number of rotatable bonds is 4. The quantitative estimate of drug-likeness (QED) is 0.794. The van der Waals surface area contributed by atoms with Crippen molar-refractivity contribution < 1.29 is 19.4 Å². The van der Waals surface area contributed by atoms with Gasteiger partial charge in [-0.25, -0.2) is 4.79 Å². The van der Waals surface area contributed by atoms with Crippen LogP contribution in [0, 0.1) is 5.92 Å². The minimum atomic E-state index is -0.607. The Morgan fingerprint density at radius 1 is 1.39 bits per heavy atom. The summed E-state index contributed by atoms with van der Waals surface area (Å²) >= 11 is 0. The van der Waals surface area contributed by atoms with Crippen LogP contribution >= 0.6 is 0 Å². The summed E-state index contributed by atoms with van der Waals surface area (Å²) in [4.78, 5) is 22.8. The molecule has 0 aliphatic heterocycles. The Kier molecular flexibility index (Phi) is 4.71. The van der Waals surface area contributed by atoms with Gasteiger partial charge in [-0.3, -0.25) is 4.79 Å². The molecule has 0 atom stereocenters. The molecule has 0 radical (unpaired) electrons. The van der Waals surface area contributed by atoms with Crippen LogP contribution in [0.4, 0.5) is 0 Å². The second-order valence-corrected chi connectivity index (χ2v) is 4.22. The number of ether oxygens (including phenoxy) is 1. The second-order valence-electron chi connectivity index (χ2n) is 4.22. The van der Waals surface area contributed by atoms with Gasteiger partial charge in [0.2, 0.25) is 5.91 Å². The minimum Gasteiger partial charge on any atom is -0.507 e. The number of aromatic hydroxyl groups is 1. The van der Waals surface area contributed by atoms with E-state index in [2.05, 4.69) is 10.1 Å². The van der Waals surface area contributed by atoms with Crippen molar-refractivity contribution in [2.45, 2.75) is 20.4 Å². The third kappa shape index (κ3) is 3.48. The molecule has 18 heavy (non-hydrogen) atoms. The molecular formula is C13H17NO4. The lowest BCUT2D eigenvalue weighted by Crippen LogP contribution is -2.27. The summed E-state index contributed by atoms with van der Waals surface area (Å²) in [6, 6.07) is 4.55. The highest BCUT2D eigenvalue weighted by molar-refractivity contribution is 5.92. The molecule has 0 aliphatic carbocycles. The molecule has 0 unspecified atom stereocenters. The van der Waals surface area contributed by atoms with E-state index < -0.39 is 5.97 Å². The summed E-state index contributed by atoms with van der Waals surface area (Å²) in [6.07, 6.45) is 0. The summed E-state index contributed by atoms with van der Waals surface area (Å²) in [5.41, 5.74) is 0.816. The molecule has 0 bridgehead atoms. The van der Waals surface area contributed by atoms with Crippen molar-refractivity contribution in [1.29, 1.82) is 0 Å². The van der Waals surface area contributed by atoms with E-state index in [-0.39, 0.29) is 23.1 Å². The normalized spacial score (nSPS) is 10.2. The van der Waals surface area contributed by atoms with Crippen molar-refractivity contribution in [1.82, 2.24) is 5.32 Å². The first kappa shape index (κ1) is 14.0. The standard InChI is InChI=1S/C13H17NO4/c1-8(2)12(16)14-7-9-4-5-11(15)10(6-9)13(17)18-3/h4-6,8,15H,7H2,1-3H3,(H,14,16). The maximum absolute atomic E-state index is 11.4. The number of carbonyl (C=O) groups is 2. The molecular weight excluding hydrogens is 234 g/mol. The van der Waals surface area contributed by atoms with Crippen LogP contribution in [0.5, 0.6) is 5.75 Å². The molecule has 0 aromatic heterocycles. The fraction of sp³-hybridized carbons (Fsp3) is 0.385. The smallest absolute Gasteiger partial charge is 0.341 e. The number of phenolic OH excluding ortho intramolecular Hbond substituents is 1. The Labute approximate surface area is 106 Å². The highest BCUT2D eigenvalue weighted by Gasteiger charge is 2.12. The lowest BCUT2D eigenvalue weighted by atomic mass is 10.1.